The lowest BCUT2D eigenvalue weighted by atomic mass is 10.1. The van der Waals surface area contributed by atoms with Crippen LogP contribution in [-0.4, -0.2) is 9.38 Å². The third-order valence-electron chi connectivity index (χ3n) is 2.81. The van der Waals surface area contributed by atoms with Gasteiger partial charge in [0.25, 0.3) is 0 Å². The maximum Gasteiger partial charge on any atom is 0.139 e. The minimum Gasteiger partial charge on any atom is -0.383 e. The molecule has 0 bridgehead atoms. The smallest absolute Gasteiger partial charge is 0.139 e. The summed E-state index contributed by atoms with van der Waals surface area (Å²) in [5.41, 5.74) is 8.32. The van der Waals surface area contributed by atoms with Crippen molar-refractivity contribution in [3.8, 4) is 11.3 Å². The molecule has 2 aromatic heterocycles. The summed E-state index contributed by atoms with van der Waals surface area (Å²) in [5.74, 6) is 0.542. The van der Waals surface area contributed by atoms with E-state index in [1.807, 2.05) is 28.8 Å². The van der Waals surface area contributed by atoms with E-state index in [2.05, 4.69) is 20.9 Å². The molecule has 3 nitrogen and oxygen atoms in total. The first-order valence-electron chi connectivity index (χ1n) is 5.45. The molecule has 3 aromatic rings. The second-order valence-electron chi connectivity index (χ2n) is 4.05. The van der Waals surface area contributed by atoms with Crippen LogP contribution in [0.2, 0.25) is 10.0 Å². The van der Waals surface area contributed by atoms with E-state index >= 15 is 0 Å². The number of benzene rings is 1. The molecular weight excluding hydrogens is 349 g/mol. The highest BCUT2D eigenvalue weighted by molar-refractivity contribution is 9.10. The summed E-state index contributed by atoms with van der Waals surface area (Å²) >= 11 is 15.5. The molecule has 2 heterocycles. The van der Waals surface area contributed by atoms with Gasteiger partial charge >= 0.3 is 0 Å². The zero-order valence-corrected chi connectivity index (χ0v) is 12.7. The Labute approximate surface area is 128 Å². The number of nitrogens with two attached hydrogens (primary N) is 1. The number of nitrogens with zero attached hydrogens (tertiary/aromatic N) is 2. The van der Waals surface area contributed by atoms with Crippen molar-refractivity contribution in [1.29, 1.82) is 0 Å². The molecule has 0 saturated heterocycles. The van der Waals surface area contributed by atoms with Crippen LogP contribution in [0.25, 0.3) is 16.9 Å². The lowest BCUT2D eigenvalue weighted by molar-refractivity contribution is 1.18. The number of imidazole rings is 1. The Kier molecular flexibility index (Phi) is 3.17. The molecule has 0 unspecified atom stereocenters. The Morgan fingerprint density at radius 1 is 1.16 bits per heavy atom. The number of aromatic nitrogens is 2. The van der Waals surface area contributed by atoms with Crippen molar-refractivity contribution in [2.45, 2.75) is 0 Å². The average Bonchev–Trinajstić information content (AvgIpc) is 2.67. The quantitative estimate of drug-likeness (QED) is 0.689. The van der Waals surface area contributed by atoms with Crippen LogP contribution in [0.1, 0.15) is 0 Å². The Morgan fingerprint density at radius 2 is 1.95 bits per heavy atom. The molecule has 1 aromatic carbocycles. The number of halogens is 3. The highest BCUT2D eigenvalue weighted by atomic mass is 79.9. The van der Waals surface area contributed by atoms with Crippen molar-refractivity contribution in [2.24, 2.45) is 0 Å². The van der Waals surface area contributed by atoms with Crippen molar-refractivity contribution in [2.75, 3.05) is 5.73 Å². The molecule has 0 fully saturated rings. The fourth-order valence-electron chi connectivity index (χ4n) is 1.92. The molecule has 3 rings (SSSR count). The van der Waals surface area contributed by atoms with Gasteiger partial charge in [-0.2, -0.15) is 0 Å². The largest absolute Gasteiger partial charge is 0.383 e. The van der Waals surface area contributed by atoms with E-state index in [0.29, 0.717) is 21.6 Å². The molecule has 0 atom stereocenters. The summed E-state index contributed by atoms with van der Waals surface area (Å²) in [6.07, 6.45) is 1.87. The van der Waals surface area contributed by atoms with Crippen LogP contribution in [-0.2, 0) is 0 Å². The molecule has 6 heteroatoms. The first-order valence-corrected chi connectivity index (χ1v) is 6.99. The van der Waals surface area contributed by atoms with Gasteiger partial charge in [0.05, 0.1) is 5.02 Å². The van der Waals surface area contributed by atoms with Gasteiger partial charge in [0, 0.05) is 21.3 Å². The van der Waals surface area contributed by atoms with Gasteiger partial charge in [-0.05, 0) is 46.3 Å². The van der Waals surface area contributed by atoms with Gasteiger partial charge in [-0.1, -0.05) is 23.2 Å². The standard InChI is InChI=1S/C13H8BrCl2N3/c14-7-1-4-11-18-12(13(17)19(11)6-7)9-3-2-8(15)5-10(9)16/h1-6H,17H2. The van der Waals surface area contributed by atoms with Crippen molar-refractivity contribution < 1.29 is 0 Å². The first-order chi connectivity index (χ1) is 9.06. The van der Waals surface area contributed by atoms with Gasteiger partial charge in [-0.15, -0.1) is 0 Å². The number of fused-ring (bicyclic) bond motifs is 1. The molecule has 0 aliphatic carbocycles. The van der Waals surface area contributed by atoms with Gasteiger partial charge in [0.1, 0.15) is 17.2 Å². The van der Waals surface area contributed by atoms with Crippen LogP contribution < -0.4 is 5.73 Å². The van der Waals surface area contributed by atoms with E-state index in [0.717, 1.165) is 15.7 Å². The highest BCUT2D eigenvalue weighted by Gasteiger charge is 2.14. The van der Waals surface area contributed by atoms with Crippen molar-refractivity contribution >= 4 is 50.6 Å². The van der Waals surface area contributed by atoms with Crippen LogP contribution in [0.15, 0.2) is 41.0 Å². The third-order valence-corrected chi connectivity index (χ3v) is 3.82. The summed E-state index contributed by atoms with van der Waals surface area (Å²) in [7, 11) is 0. The molecule has 19 heavy (non-hydrogen) atoms. The van der Waals surface area contributed by atoms with E-state index in [9.17, 15) is 0 Å². The van der Waals surface area contributed by atoms with Crippen molar-refractivity contribution in [1.82, 2.24) is 9.38 Å². The van der Waals surface area contributed by atoms with Crippen LogP contribution in [0, 0.1) is 0 Å². The van der Waals surface area contributed by atoms with Crippen LogP contribution in [0.5, 0.6) is 0 Å². The van der Waals surface area contributed by atoms with E-state index in [4.69, 9.17) is 28.9 Å². The van der Waals surface area contributed by atoms with E-state index in [1.165, 1.54) is 0 Å². The SMILES string of the molecule is Nc1c(-c2ccc(Cl)cc2Cl)nc2ccc(Br)cn12. The third kappa shape index (κ3) is 2.20. The molecular formula is C13H8BrCl2N3. The highest BCUT2D eigenvalue weighted by Crippen LogP contribution is 2.34. The minimum atomic E-state index is 0.529. The topological polar surface area (TPSA) is 43.3 Å². The summed E-state index contributed by atoms with van der Waals surface area (Å²) in [6, 6.07) is 9.06. The van der Waals surface area contributed by atoms with Crippen LogP contribution >= 0.6 is 39.1 Å². The zero-order chi connectivity index (χ0) is 13.6. The average molecular weight is 357 g/mol. The Hall–Kier alpha value is -1.23. The van der Waals surface area contributed by atoms with E-state index in [-0.39, 0.29) is 0 Å². The molecule has 96 valence electrons. The minimum absolute atomic E-state index is 0.529. The Morgan fingerprint density at radius 3 is 2.68 bits per heavy atom. The summed E-state index contributed by atoms with van der Waals surface area (Å²) in [4.78, 5) is 4.50. The predicted octanol–water partition coefficient (Wildman–Crippen LogP) is 4.65. The number of hydrogen-bond acceptors (Lipinski definition) is 2. The van der Waals surface area contributed by atoms with E-state index in [1.54, 1.807) is 12.1 Å². The van der Waals surface area contributed by atoms with Gasteiger partial charge < -0.3 is 5.73 Å². The van der Waals surface area contributed by atoms with Crippen molar-refractivity contribution in [3.05, 3.63) is 51.0 Å². The van der Waals surface area contributed by atoms with Gasteiger partial charge in [-0.3, -0.25) is 4.40 Å². The fourth-order valence-corrected chi connectivity index (χ4v) is 2.75. The molecule has 0 aliphatic rings. The van der Waals surface area contributed by atoms with Crippen LogP contribution in [0.4, 0.5) is 5.82 Å². The molecule has 0 aliphatic heterocycles. The predicted molar refractivity (Wildman–Crippen MR) is 82.8 cm³/mol. The summed E-state index contributed by atoms with van der Waals surface area (Å²) in [6.45, 7) is 0. The lowest BCUT2D eigenvalue weighted by Crippen LogP contribution is -1.94. The number of anilines is 1. The second kappa shape index (κ2) is 4.71. The van der Waals surface area contributed by atoms with Crippen LogP contribution in [0.3, 0.4) is 0 Å². The first kappa shape index (κ1) is 12.8. The van der Waals surface area contributed by atoms with Crippen molar-refractivity contribution in [3.63, 3.8) is 0 Å². The Balaban J connectivity index is 2.28. The lowest BCUT2D eigenvalue weighted by Gasteiger charge is -2.03. The zero-order valence-electron chi connectivity index (χ0n) is 9.57. The normalized spacial score (nSPS) is 11.1. The van der Waals surface area contributed by atoms with E-state index < -0.39 is 0 Å². The molecule has 0 amide bonds. The van der Waals surface area contributed by atoms with Gasteiger partial charge in [0.2, 0.25) is 0 Å². The number of rotatable bonds is 1. The molecule has 2 N–H and O–H groups in total. The summed E-state index contributed by atoms with van der Waals surface area (Å²) in [5, 5.41) is 1.11. The van der Waals surface area contributed by atoms with Gasteiger partial charge in [0.15, 0.2) is 0 Å². The maximum absolute atomic E-state index is 6.20. The molecule has 0 saturated carbocycles. The Bertz CT molecular complexity index is 783. The molecule has 0 spiro atoms. The number of pyridine rings is 1. The molecule has 0 radical (unpaired) electrons. The maximum atomic E-state index is 6.20. The fraction of sp³-hybridized carbons (Fsp3) is 0. The number of hydrogen-bond donors (Lipinski definition) is 1. The summed E-state index contributed by atoms with van der Waals surface area (Å²) < 4.78 is 2.74. The monoisotopic (exact) mass is 355 g/mol. The van der Waals surface area contributed by atoms with Gasteiger partial charge in [-0.25, -0.2) is 4.98 Å². The second-order valence-corrected chi connectivity index (χ2v) is 5.80. The number of nitrogen functional groups attached to an aromatic ring is 1.